The molecule has 2 aromatic rings. The van der Waals surface area contributed by atoms with E-state index in [1.54, 1.807) is 0 Å². The second-order valence-corrected chi connectivity index (χ2v) is 7.22. The maximum Gasteiger partial charge on any atom is 0.326 e. The first-order chi connectivity index (χ1) is 13.1. The van der Waals surface area contributed by atoms with Crippen molar-refractivity contribution in [3.05, 3.63) is 54.1 Å². The van der Waals surface area contributed by atoms with E-state index in [0.717, 1.165) is 16.2 Å². The van der Waals surface area contributed by atoms with Gasteiger partial charge in [-0.05, 0) is 23.8 Å². The summed E-state index contributed by atoms with van der Waals surface area (Å²) in [6.45, 7) is 1.08. The van der Waals surface area contributed by atoms with Crippen molar-refractivity contribution in [1.82, 2.24) is 5.32 Å². The third kappa shape index (κ3) is 5.65. The quantitative estimate of drug-likeness (QED) is 0.678. The number of thioether (sulfide) groups is 1. The SMILES string of the molecule is O=C(CCSc1ccc2c(c1)OCCO2)N[C@@H](Cc1ccccc1)C(=O)O. The molecular weight excluding hydrogens is 366 g/mol. The average Bonchev–Trinajstić information content (AvgIpc) is 2.68. The number of carbonyl (C=O) groups is 2. The Bertz CT molecular complexity index is 796. The number of carboxylic acid groups (broad SMARTS) is 1. The summed E-state index contributed by atoms with van der Waals surface area (Å²) in [6, 6.07) is 14.0. The molecule has 0 aliphatic carbocycles. The number of hydrogen-bond acceptors (Lipinski definition) is 5. The van der Waals surface area contributed by atoms with Crippen LogP contribution in [0.25, 0.3) is 0 Å². The van der Waals surface area contributed by atoms with E-state index in [9.17, 15) is 14.7 Å². The molecule has 1 aliphatic heterocycles. The second-order valence-electron chi connectivity index (χ2n) is 6.05. The van der Waals surface area contributed by atoms with E-state index in [-0.39, 0.29) is 18.7 Å². The molecule has 0 saturated heterocycles. The van der Waals surface area contributed by atoms with Crippen molar-refractivity contribution in [3.63, 3.8) is 0 Å². The normalized spacial score (nSPS) is 13.6. The molecule has 0 fully saturated rings. The highest BCUT2D eigenvalue weighted by molar-refractivity contribution is 7.99. The number of fused-ring (bicyclic) bond motifs is 1. The highest BCUT2D eigenvalue weighted by Crippen LogP contribution is 2.34. The Labute approximate surface area is 161 Å². The predicted molar refractivity (Wildman–Crippen MR) is 102 cm³/mol. The van der Waals surface area contributed by atoms with Crippen molar-refractivity contribution >= 4 is 23.6 Å². The van der Waals surface area contributed by atoms with Gasteiger partial charge in [-0.3, -0.25) is 4.79 Å². The van der Waals surface area contributed by atoms with Crippen LogP contribution in [0.4, 0.5) is 0 Å². The van der Waals surface area contributed by atoms with Gasteiger partial charge in [0.2, 0.25) is 5.91 Å². The maximum absolute atomic E-state index is 12.1. The number of rotatable bonds is 8. The summed E-state index contributed by atoms with van der Waals surface area (Å²) in [5.41, 5.74) is 0.871. The number of benzene rings is 2. The summed E-state index contributed by atoms with van der Waals surface area (Å²) >= 11 is 1.52. The molecule has 1 amide bonds. The molecule has 3 rings (SSSR count). The molecule has 2 aromatic carbocycles. The molecule has 7 heteroatoms. The zero-order valence-corrected chi connectivity index (χ0v) is 15.5. The van der Waals surface area contributed by atoms with Gasteiger partial charge in [-0.25, -0.2) is 4.79 Å². The van der Waals surface area contributed by atoms with Crippen LogP contribution in [0.2, 0.25) is 0 Å². The lowest BCUT2D eigenvalue weighted by Crippen LogP contribution is -2.42. The van der Waals surface area contributed by atoms with Crippen molar-refractivity contribution < 1.29 is 24.2 Å². The van der Waals surface area contributed by atoms with Gasteiger partial charge in [0.15, 0.2) is 11.5 Å². The highest BCUT2D eigenvalue weighted by Gasteiger charge is 2.20. The predicted octanol–water partition coefficient (Wildman–Crippen LogP) is 2.75. The molecule has 27 heavy (non-hydrogen) atoms. The smallest absolute Gasteiger partial charge is 0.326 e. The van der Waals surface area contributed by atoms with Gasteiger partial charge in [-0.15, -0.1) is 11.8 Å². The Hall–Kier alpha value is -2.67. The Kier molecular flexibility index (Phi) is 6.59. The average molecular weight is 387 g/mol. The Morgan fingerprint density at radius 1 is 1.07 bits per heavy atom. The fourth-order valence-corrected chi connectivity index (χ4v) is 3.57. The molecule has 2 N–H and O–H groups in total. The van der Waals surface area contributed by atoms with Crippen LogP contribution in [0.15, 0.2) is 53.4 Å². The van der Waals surface area contributed by atoms with Crippen LogP contribution in [-0.4, -0.2) is 42.0 Å². The van der Waals surface area contributed by atoms with Crippen LogP contribution in [0, 0.1) is 0 Å². The second kappa shape index (κ2) is 9.32. The molecular formula is C20H21NO5S. The van der Waals surface area contributed by atoms with E-state index in [1.165, 1.54) is 11.8 Å². The van der Waals surface area contributed by atoms with E-state index in [2.05, 4.69) is 5.32 Å². The minimum absolute atomic E-state index is 0.234. The van der Waals surface area contributed by atoms with E-state index >= 15 is 0 Å². The van der Waals surface area contributed by atoms with Crippen LogP contribution in [-0.2, 0) is 16.0 Å². The summed E-state index contributed by atoms with van der Waals surface area (Å²) in [5, 5.41) is 12.0. The number of carbonyl (C=O) groups excluding carboxylic acids is 1. The third-order valence-corrected chi connectivity index (χ3v) is 5.02. The lowest BCUT2D eigenvalue weighted by atomic mass is 10.1. The van der Waals surface area contributed by atoms with Gasteiger partial charge in [0.25, 0.3) is 0 Å². The summed E-state index contributed by atoms with van der Waals surface area (Å²) in [7, 11) is 0. The molecule has 0 saturated carbocycles. The highest BCUT2D eigenvalue weighted by atomic mass is 32.2. The molecule has 0 aromatic heterocycles. The van der Waals surface area contributed by atoms with Crippen molar-refractivity contribution in [2.24, 2.45) is 0 Å². The topological polar surface area (TPSA) is 84.9 Å². The van der Waals surface area contributed by atoms with E-state index < -0.39 is 12.0 Å². The van der Waals surface area contributed by atoms with Gasteiger partial charge < -0.3 is 19.9 Å². The number of nitrogens with one attached hydrogen (secondary N) is 1. The molecule has 0 bridgehead atoms. The van der Waals surface area contributed by atoms with E-state index in [4.69, 9.17) is 9.47 Å². The Balaban J connectivity index is 1.47. The molecule has 1 heterocycles. The fourth-order valence-electron chi connectivity index (χ4n) is 2.69. The summed E-state index contributed by atoms with van der Waals surface area (Å²) in [4.78, 5) is 24.5. The number of carboxylic acids is 1. The van der Waals surface area contributed by atoms with E-state index in [1.807, 2.05) is 48.5 Å². The van der Waals surface area contributed by atoms with Gasteiger partial charge in [-0.2, -0.15) is 0 Å². The number of amides is 1. The lowest BCUT2D eigenvalue weighted by Gasteiger charge is -2.18. The Morgan fingerprint density at radius 3 is 2.56 bits per heavy atom. The number of hydrogen-bond donors (Lipinski definition) is 2. The minimum atomic E-state index is -1.04. The van der Waals surface area contributed by atoms with Crippen molar-refractivity contribution in [1.29, 1.82) is 0 Å². The summed E-state index contributed by atoms with van der Waals surface area (Å²) < 4.78 is 11.0. The first-order valence-electron chi connectivity index (χ1n) is 8.70. The van der Waals surface area contributed by atoms with Gasteiger partial charge in [0.1, 0.15) is 19.3 Å². The van der Waals surface area contributed by atoms with Gasteiger partial charge in [0, 0.05) is 23.5 Å². The van der Waals surface area contributed by atoms with Crippen molar-refractivity contribution in [2.75, 3.05) is 19.0 Å². The largest absolute Gasteiger partial charge is 0.486 e. The van der Waals surface area contributed by atoms with Gasteiger partial charge >= 0.3 is 5.97 Å². The number of aliphatic carboxylic acids is 1. The van der Waals surface area contributed by atoms with Crippen LogP contribution >= 0.6 is 11.8 Å². The molecule has 0 unspecified atom stereocenters. The van der Waals surface area contributed by atoms with Crippen LogP contribution in [0.5, 0.6) is 11.5 Å². The Morgan fingerprint density at radius 2 is 1.81 bits per heavy atom. The first kappa shape index (κ1) is 19.1. The fraction of sp³-hybridized carbons (Fsp3) is 0.300. The number of ether oxygens (including phenoxy) is 2. The van der Waals surface area contributed by atoms with E-state index in [0.29, 0.717) is 24.7 Å². The molecule has 6 nitrogen and oxygen atoms in total. The standard InChI is InChI=1S/C20H21NO5S/c22-19(21-16(20(23)24)12-14-4-2-1-3-5-14)8-11-27-15-6-7-17-18(13-15)26-10-9-25-17/h1-7,13,16H,8-12H2,(H,21,22)(H,23,24)/t16-/m0/s1. The van der Waals surface area contributed by atoms with Crippen LogP contribution < -0.4 is 14.8 Å². The zero-order chi connectivity index (χ0) is 19.1. The molecule has 0 spiro atoms. The summed E-state index contributed by atoms with van der Waals surface area (Å²) in [5.74, 6) is 0.677. The van der Waals surface area contributed by atoms with Gasteiger partial charge in [-0.1, -0.05) is 30.3 Å². The molecule has 1 aliphatic rings. The zero-order valence-electron chi connectivity index (χ0n) is 14.7. The summed E-state index contributed by atoms with van der Waals surface area (Å²) in [6.07, 6.45) is 0.495. The third-order valence-electron chi connectivity index (χ3n) is 4.03. The first-order valence-corrected chi connectivity index (χ1v) is 9.69. The van der Waals surface area contributed by atoms with Gasteiger partial charge in [0.05, 0.1) is 0 Å². The van der Waals surface area contributed by atoms with Crippen LogP contribution in [0.3, 0.4) is 0 Å². The molecule has 1 atom stereocenters. The minimum Gasteiger partial charge on any atom is -0.486 e. The molecule has 142 valence electrons. The van der Waals surface area contributed by atoms with Crippen molar-refractivity contribution in [3.8, 4) is 11.5 Å². The van der Waals surface area contributed by atoms with Crippen molar-refractivity contribution in [2.45, 2.75) is 23.8 Å². The van der Waals surface area contributed by atoms with Crippen LogP contribution in [0.1, 0.15) is 12.0 Å². The lowest BCUT2D eigenvalue weighted by molar-refractivity contribution is -0.141. The maximum atomic E-state index is 12.1. The molecule has 0 radical (unpaired) electrons. The monoisotopic (exact) mass is 387 g/mol.